The van der Waals surface area contributed by atoms with Crippen LogP contribution in [0.2, 0.25) is 0 Å². The molecule has 0 aliphatic carbocycles. The van der Waals surface area contributed by atoms with Crippen molar-refractivity contribution < 1.29 is 19.0 Å². The molecule has 126 valence electrons. The van der Waals surface area contributed by atoms with E-state index in [9.17, 15) is 4.79 Å². The van der Waals surface area contributed by atoms with E-state index in [1.807, 2.05) is 48.5 Å². The smallest absolute Gasteiger partial charge is 0.263 e. The molecule has 5 heteroatoms. The van der Waals surface area contributed by atoms with Crippen molar-refractivity contribution in [1.29, 1.82) is 0 Å². The highest BCUT2D eigenvalue weighted by Gasteiger charge is 2.20. The zero-order chi connectivity index (χ0) is 16.9. The molecule has 1 amide bonds. The van der Waals surface area contributed by atoms with Gasteiger partial charge in [0.1, 0.15) is 19.0 Å². The summed E-state index contributed by atoms with van der Waals surface area (Å²) >= 11 is 0. The van der Waals surface area contributed by atoms with Crippen molar-refractivity contribution in [1.82, 2.24) is 4.90 Å². The predicted molar refractivity (Wildman–Crippen MR) is 90.4 cm³/mol. The monoisotopic (exact) mass is 327 g/mol. The molecule has 1 heterocycles. The van der Waals surface area contributed by atoms with Gasteiger partial charge in [-0.1, -0.05) is 24.3 Å². The van der Waals surface area contributed by atoms with E-state index in [0.29, 0.717) is 25.5 Å². The molecule has 1 unspecified atom stereocenters. The Kier molecular flexibility index (Phi) is 4.89. The second-order valence-corrected chi connectivity index (χ2v) is 5.75. The van der Waals surface area contributed by atoms with Gasteiger partial charge in [0.25, 0.3) is 5.91 Å². The van der Waals surface area contributed by atoms with E-state index in [-0.39, 0.29) is 5.91 Å². The van der Waals surface area contributed by atoms with Crippen LogP contribution in [-0.4, -0.2) is 37.2 Å². The Bertz CT molecular complexity index is 702. The number of benzene rings is 2. The van der Waals surface area contributed by atoms with Crippen molar-refractivity contribution in [3.63, 3.8) is 0 Å². The normalized spacial score (nSPS) is 13.9. The Labute approximate surface area is 141 Å². The Morgan fingerprint density at radius 3 is 2.58 bits per heavy atom. The molecule has 0 aromatic heterocycles. The first-order valence-corrected chi connectivity index (χ1v) is 7.98. The number of carbonyl (C=O) groups excluding carboxylic acids is 1. The van der Waals surface area contributed by atoms with E-state index in [2.05, 4.69) is 0 Å². The SMILES string of the molecule is CC(Oc1ccccc1)C(=O)N(C)Cc1ccc2c(c1)OCCO2. The highest BCUT2D eigenvalue weighted by atomic mass is 16.6. The van der Waals surface area contributed by atoms with E-state index in [1.54, 1.807) is 18.9 Å². The van der Waals surface area contributed by atoms with E-state index in [0.717, 1.165) is 17.1 Å². The van der Waals surface area contributed by atoms with Crippen LogP contribution in [0.4, 0.5) is 0 Å². The number of amides is 1. The van der Waals surface area contributed by atoms with Gasteiger partial charge >= 0.3 is 0 Å². The van der Waals surface area contributed by atoms with Gasteiger partial charge in [0, 0.05) is 13.6 Å². The van der Waals surface area contributed by atoms with Crippen molar-refractivity contribution in [2.45, 2.75) is 19.6 Å². The zero-order valence-corrected chi connectivity index (χ0v) is 13.9. The number of hydrogen-bond acceptors (Lipinski definition) is 4. The third-order valence-electron chi connectivity index (χ3n) is 3.81. The van der Waals surface area contributed by atoms with Crippen molar-refractivity contribution in [2.24, 2.45) is 0 Å². The first kappa shape index (κ1) is 16.2. The lowest BCUT2D eigenvalue weighted by Crippen LogP contribution is -2.37. The first-order valence-electron chi connectivity index (χ1n) is 7.98. The molecule has 0 radical (unpaired) electrons. The molecule has 24 heavy (non-hydrogen) atoms. The summed E-state index contributed by atoms with van der Waals surface area (Å²) in [6.07, 6.45) is -0.547. The Morgan fingerprint density at radius 1 is 1.12 bits per heavy atom. The fraction of sp³-hybridized carbons (Fsp3) is 0.316. The number of carbonyl (C=O) groups is 1. The number of rotatable bonds is 5. The largest absolute Gasteiger partial charge is 0.486 e. The lowest BCUT2D eigenvalue weighted by molar-refractivity contribution is -0.137. The molecule has 2 aromatic carbocycles. The Hall–Kier alpha value is -2.69. The zero-order valence-electron chi connectivity index (χ0n) is 13.9. The van der Waals surface area contributed by atoms with Crippen molar-refractivity contribution in [3.05, 3.63) is 54.1 Å². The Balaban J connectivity index is 1.61. The van der Waals surface area contributed by atoms with Crippen LogP contribution in [0.25, 0.3) is 0 Å². The molecule has 3 rings (SSSR count). The molecule has 1 aliphatic rings. The van der Waals surface area contributed by atoms with Crippen LogP contribution in [0.1, 0.15) is 12.5 Å². The highest BCUT2D eigenvalue weighted by molar-refractivity contribution is 5.80. The summed E-state index contributed by atoms with van der Waals surface area (Å²) in [6.45, 7) is 3.36. The summed E-state index contributed by atoms with van der Waals surface area (Å²) in [4.78, 5) is 14.1. The molecular weight excluding hydrogens is 306 g/mol. The second-order valence-electron chi connectivity index (χ2n) is 5.75. The van der Waals surface area contributed by atoms with Crippen molar-refractivity contribution in [2.75, 3.05) is 20.3 Å². The summed E-state index contributed by atoms with van der Waals surface area (Å²) in [5.74, 6) is 2.09. The van der Waals surface area contributed by atoms with Crippen LogP contribution in [0, 0.1) is 0 Å². The average Bonchev–Trinajstić information content (AvgIpc) is 2.61. The number of hydrogen-bond donors (Lipinski definition) is 0. The van der Waals surface area contributed by atoms with Gasteiger partial charge in [-0.3, -0.25) is 4.79 Å². The number of para-hydroxylation sites is 1. The van der Waals surface area contributed by atoms with Crippen LogP contribution < -0.4 is 14.2 Å². The number of fused-ring (bicyclic) bond motifs is 1. The first-order chi connectivity index (χ1) is 11.6. The van der Waals surface area contributed by atoms with Gasteiger partial charge in [-0.2, -0.15) is 0 Å². The van der Waals surface area contributed by atoms with Gasteiger partial charge in [-0.25, -0.2) is 0 Å². The van der Waals surface area contributed by atoms with Gasteiger partial charge in [0.05, 0.1) is 0 Å². The molecule has 0 saturated heterocycles. The van der Waals surface area contributed by atoms with Gasteiger partial charge < -0.3 is 19.1 Å². The minimum Gasteiger partial charge on any atom is -0.486 e. The molecule has 0 bridgehead atoms. The van der Waals surface area contributed by atoms with Gasteiger partial charge in [-0.15, -0.1) is 0 Å². The minimum atomic E-state index is -0.547. The van der Waals surface area contributed by atoms with E-state index >= 15 is 0 Å². The number of likely N-dealkylation sites (N-methyl/N-ethyl adjacent to an activating group) is 1. The van der Waals surface area contributed by atoms with Gasteiger partial charge in [0.2, 0.25) is 0 Å². The molecule has 5 nitrogen and oxygen atoms in total. The summed E-state index contributed by atoms with van der Waals surface area (Å²) in [5.41, 5.74) is 0.988. The third kappa shape index (κ3) is 3.79. The average molecular weight is 327 g/mol. The maximum atomic E-state index is 12.5. The van der Waals surface area contributed by atoms with Crippen LogP contribution >= 0.6 is 0 Å². The quantitative estimate of drug-likeness (QED) is 0.847. The van der Waals surface area contributed by atoms with Crippen LogP contribution in [-0.2, 0) is 11.3 Å². The van der Waals surface area contributed by atoms with E-state index < -0.39 is 6.10 Å². The van der Waals surface area contributed by atoms with Crippen LogP contribution in [0.3, 0.4) is 0 Å². The fourth-order valence-corrected chi connectivity index (χ4v) is 2.60. The highest BCUT2D eigenvalue weighted by Crippen LogP contribution is 2.31. The number of ether oxygens (including phenoxy) is 3. The minimum absolute atomic E-state index is 0.0752. The lowest BCUT2D eigenvalue weighted by atomic mass is 10.1. The second kappa shape index (κ2) is 7.25. The summed E-state index contributed by atoms with van der Waals surface area (Å²) in [5, 5.41) is 0. The molecule has 1 aliphatic heterocycles. The van der Waals surface area contributed by atoms with Crippen LogP contribution in [0.5, 0.6) is 17.2 Å². The molecule has 0 N–H and O–H groups in total. The summed E-state index contributed by atoms with van der Waals surface area (Å²) in [6, 6.07) is 15.1. The van der Waals surface area contributed by atoms with E-state index in [1.165, 1.54) is 0 Å². The maximum Gasteiger partial charge on any atom is 0.263 e. The van der Waals surface area contributed by atoms with Crippen molar-refractivity contribution >= 4 is 5.91 Å². The van der Waals surface area contributed by atoms with Crippen LogP contribution in [0.15, 0.2) is 48.5 Å². The van der Waals surface area contributed by atoms with Crippen molar-refractivity contribution in [3.8, 4) is 17.2 Å². The van der Waals surface area contributed by atoms with E-state index in [4.69, 9.17) is 14.2 Å². The summed E-state index contributed by atoms with van der Waals surface area (Å²) in [7, 11) is 1.77. The maximum absolute atomic E-state index is 12.5. The number of nitrogens with zero attached hydrogens (tertiary/aromatic N) is 1. The molecular formula is C19H21NO4. The molecule has 0 spiro atoms. The molecule has 1 atom stereocenters. The molecule has 0 fully saturated rings. The lowest BCUT2D eigenvalue weighted by Gasteiger charge is -2.23. The fourth-order valence-electron chi connectivity index (χ4n) is 2.60. The third-order valence-corrected chi connectivity index (χ3v) is 3.81. The molecule has 0 saturated carbocycles. The standard InChI is InChI=1S/C19H21NO4/c1-14(24-16-6-4-3-5-7-16)19(21)20(2)13-15-8-9-17-18(12-15)23-11-10-22-17/h3-9,12,14H,10-11,13H2,1-2H3. The molecule has 2 aromatic rings. The van der Waals surface area contributed by atoms with Gasteiger partial charge in [-0.05, 0) is 36.8 Å². The Morgan fingerprint density at radius 2 is 1.83 bits per heavy atom. The predicted octanol–water partition coefficient (Wildman–Crippen LogP) is 2.88. The van der Waals surface area contributed by atoms with Gasteiger partial charge in [0.15, 0.2) is 17.6 Å². The topological polar surface area (TPSA) is 48.0 Å². The summed E-state index contributed by atoms with van der Waals surface area (Å²) < 4.78 is 16.8.